The van der Waals surface area contributed by atoms with E-state index in [0.717, 1.165) is 12.1 Å². The number of fused-ring (bicyclic) bond motifs is 3. The molecule has 3 aromatic rings. The van der Waals surface area contributed by atoms with Crippen LogP contribution in [0.3, 0.4) is 0 Å². The molecule has 0 bridgehead atoms. The van der Waals surface area contributed by atoms with Gasteiger partial charge in [0.15, 0.2) is 9.84 Å². The van der Waals surface area contributed by atoms with Gasteiger partial charge in [-0.3, -0.25) is 4.79 Å². The monoisotopic (exact) mass is 610 g/mol. The number of nitrogens with two attached hydrogens (primary N) is 1. The number of sulfone groups is 1. The van der Waals surface area contributed by atoms with Crippen molar-refractivity contribution in [2.45, 2.75) is 41.6 Å². The van der Waals surface area contributed by atoms with Crippen molar-refractivity contribution in [1.82, 2.24) is 4.90 Å². The summed E-state index contributed by atoms with van der Waals surface area (Å²) in [6.45, 7) is -0.162. The summed E-state index contributed by atoms with van der Waals surface area (Å²) in [4.78, 5) is 14.1. The fraction of sp³-hybridized carbons (Fsp3) is 0.296. The Labute approximate surface area is 235 Å². The topological polar surface area (TPSA) is 124 Å². The van der Waals surface area contributed by atoms with Crippen LogP contribution in [0.15, 0.2) is 65.6 Å². The Balaban J connectivity index is 1.56. The fourth-order valence-electron chi connectivity index (χ4n) is 5.80. The number of sulfonamides is 1. The van der Waals surface area contributed by atoms with Gasteiger partial charge < -0.3 is 9.64 Å². The Morgan fingerprint density at radius 1 is 1.07 bits per heavy atom. The zero-order chi connectivity index (χ0) is 28.9. The van der Waals surface area contributed by atoms with E-state index in [0.29, 0.717) is 23.3 Å². The Morgan fingerprint density at radius 2 is 1.80 bits per heavy atom. The van der Waals surface area contributed by atoms with Gasteiger partial charge in [-0.25, -0.2) is 30.8 Å². The molecule has 5 rings (SSSR count). The summed E-state index contributed by atoms with van der Waals surface area (Å²) in [7, 11) is -8.38. The number of amides is 1. The molecular formula is C27H25ClF2N2O6S2. The molecule has 0 saturated carbocycles. The second-order valence-corrected chi connectivity index (χ2v) is 14.1. The predicted molar refractivity (Wildman–Crippen MR) is 144 cm³/mol. The van der Waals surface area contributed by atoms with E-state index in [2.05, 4.69) is 0 Å². The van der Waals surface area contributed by atoms with E-state index in [4.69, 9.17) is 21.5 Å². The predicted octanol–water partition coefficient (Wildman–Crippen LogP) is 3.70. The molecule has 13 heteroatoms. The highest BCUT2D eigenvalue weighted by Gasteiger charge is 2.60. The van der Waals surface area contributed by atoms with Crippen LogP contribution >= 0.6 is 11.6 Å². The highest BCUT2D eigenvalue weighted by Crippen LogP contribution is 2.53. The van der Waals surface area contributed by atoms with Crippen molar-refractivity contribution in [2.75, 3.05) is 12.3 Å². The maximum atomic E-state index is 14.3. The van der Waals surface area contributed by atoms with Gasteiger partial charge in [-0.15, -0.1) is 0 Å². The van der Waals surface area contributed by atoms with E-state index in [1.807, 2.05) is 0 Å². The van der Waals surface area contributed by atoms with E-state index < -0.39 is 53.9 Å². The quantitative estimate of drug-likeness (QED) is 0.407. The lowest BCUT2D eigenvalue weighted by Gasteiger charge is -2.42. The van der Waals surface area contributed by atoms with Crippen LogP contribution in [-0.2, 0) is 42.4 Å². The molecule has 2 aliphatic rings. The van der Waals surface area contributed by atoms with Crippen molar-refractivity contribution in [2.24, 2.45) is 5.14 Å². The number of rotatable bonds is 7. The third-order valence-electron chi connectivity index (χ3n) is 7.55. The van der Waals surface area contributed by atoms with Gasteiger partial charge in [0.05, 0.1) is 16.0 Å². The number of carbonyl (C=O) groups is 1. The van der Waals surface area contributed by atoms with E-state index in [-0.39, 0.29) is 41.5 Å². The van der Waals surface area contributed by atoms with Gasteiger partial charge in [0.1, 0.15) is 34.5 Å². The lowest BCUT2D eigenvalue weighted by Crippen LogP contribution is -2.53. The maximum absolute atomic E-state index is 14.3. The summed E-state index contributed by atoms with van der Waals surface area (Å²) in [5, 5.41) is 5.31. The third-order valence-corrected chi connectivity index (χ3v) is 11.1. The third kappa shape index (κ3) is 4.98. The smallest absolute Gasteiger partial charge is 0.239 e. The number of nitrogens with zero attached hydrogens (tertiary/aromatic N) is 1. The molecule has 1 saturated heterocycles. The van der Waals surface area contributed by atoms with E-state index >= 15 is 0 Å². The zero-order valence-electron chi connectivity index (χ0n) is 21.0. The highest BCUT2D eigenvalue weighted by atomic mass is 35.5. The number of aryl methyl sites for hydroxylation is 1. The van der Waals surface area contributed by atoms with Gasteiger partial charge in [-0.05, 0) is 78.9 Å². The minimum atomic E-state index is -4.23. The lowest BCUT2D eigenvalue weighted by atomic mass is 9.78. The Hall–Kier alpha value is -3.06. The number of primary sulfonamides is 1. The van der Waals surface area contributed by atoms with Gasteiger partial charge in [-0.1, -0.05) is 23.7 Å². The Kier molecular flexibility index (Phi) is 7.40. The van der Waals surface area contributed by atoms with Gasteiger partial charge >= 0.3 is 0 Å². The molecule has 0 radical (unpaired) electrons. The second kappa shape index (κ2) is 10.4. The number of likely N-dealkylation sites (tertiary alicyclic amines) is 1. The minimum absolute atomic E-state index is 0.00816. The van der Waals surface area contributed by atoms with E-state index in [9.17, 15) is 30.4 Å². The zero-order valence-corrected chi connectivity index (χ0v) is 23.4. The largest absolute Gasteiger partial charge is 0.489 e. The summed E-state index contributed by atoms with van der Waals surface area (Å²) in [5.41, 5.74) is 1.27. The van der Waals surface area contributed by atoms with E-state index in [1.54, 1.807) is 24.3 Å². The molecular weight excluding hydrogens is 586 g/mol. The summed E-state index contributed by atoms with van der Waals surface area (Å²) in [6.07, 6.45) is 0.565. The first kappa shape index (κ1) is 28.5. The second-order valence-electron chi connectivity index (χ2n) is 9.85. The molecule has 1 amide bonds. The van der Waals surface area contributed by atoms with Crippen LogP contribution in [0.25, 0.3) is 0 Å². The first-order valence-corrected chi connectivity index (χ1v) is 15.9. The molecule has 212 valence electrons. The number of hydrogen-bond acceptors (Lipinski definition) is 6. The minimum Gasteiger partial charge on any atom is -0.489 e. The van der Waals surface area contributed by atoms with Crippen LogP contribution in [0.2, 0.25) is 5.02 Å². The SMILES string of the molecule is NS(=O)(=O)CC(=O)N1CC[C@@]2(S(=O)(=O)c3ccc(F)cc3)c3ccc(OCc4c(F)cccc4Cl)cc3CC[C@@H]12. The van der Waals surface area contributed by atoms with Crippen molar-refractivity contribution in [3.8, 4) is 5.75 Å². The van der Waals surface area contributed by atoms with Crippen LogP contribution in [0, 0.1) is 11.6 Å². The molecule has 0 unspecified atom stereocenters. The van der Waals surface area contributed by atoms with Crippen LogP contribution < -0.4 is 9.88 Å². The van der Waals surface area contributed by atoms with E-state index in [1.165, 1.54) is 29.2 Å². The van der Waals surface area contributed by atoms with Gasteiger partial charge in [0, 0.05) is 12.1 Å². The molecule has 1 aliphatic carbocycles. The lowest BCUT2D eigenvalue weighted by molar-refractivity contribution is -0.129. The summed E-state index contributed by atoms with van der Waals surface area (Å²) in [5.74, 6) is -2.49. The molecule has 3 aromatic carbocycles. The molecule has 40 heavy (non-hydrogen) atoms. The number of benzene rings is 3. The van der Waals surface area contributed by atoms with Gasteiger partial charge in [-0.2, -0.15) is 0 Å². The molecule has 0 spiro atoms. The summed E-state index contributed by atoms with van der Waals surface area (Å²) in [6, 6.07) is 12.7. The Bertz CT molecular complexity index is 1680. The van der Waals surface area contributed by atoms with Crippen LogP contribution in [0.4, 0.5) is 8.78 Å². The average Bonchev–Trinajstić information content (AvgIpc) is 3.29. The van der Waals surface area contributed by atoms with Crippen LogP contribution in [-0.4, -0.2) is 46.0 Å². The maximum Gasteiger partial charge on any atom is 0.239 e. The summed E-state index contributed by atoms with van der Waals surface area (Å²) >= 11 is 6.10. The molecule has 2 N–H and O–H groups in total. The van der Waals surface area contributed by atoms with Crippen molar-refractivity contribution in [3.05, 3.63) is 94.0 Å². The first-order valence-electron chi connectivity index (χ1n) is 12.3. The standard InChI is InChI=1S/C27H25ClF2N2O6S2/c28-23-2-1-3-24(30)21(23)15-38-19-7-10-22-17(14-19)4-11-25-27(22,12-13-32(25)26(33)16-39(31,34)35)40(36,37)20-8-5-18(29)6-9-20/h1-3,5-10,14,25H,4,11-13,15-16H2,(H2,31,34,35)/t25-,27-/m1/s1. The summed E-state index contributed by atoms with van der Waals surface area (Å²) < 4.78 is 84.0. The van der Waals surface area contributed by atoms with Crippen molar-refractivity contribution in [3.63, 3.8) is 0 Å². The first-order chi connectivity index (χ1) is 18.8. The average molecular weight is 611 g/mol. The fourth-order valence-corrected chi connectivity index (χ4v) is 8.89. The van der Waals surface area contributed by atoms with Crippen LogP contribution in [0.1, 0.15) is 29.5 Å². The van der Waals surface area contributed by atoms with Crippen molar-refractivity contribution in [1.29, 1.82) is 0 Å². The number of carbonyl (C=O) groups excluding carboxylic acids is 1. The van der Waals surface area contributed by atoms with Gasteiger partial charge in [0.25, 0.3) is 0 Å². The van der Waals surface area contributed by atoms with Crippen LogP contribution in [0.5, 0.6) is 5.75 Å². The number of hydrogen-bond donors (Lipinski definition) is 1. The van der Waals surface area contributed by atoms with Gasteiger partial charge in [0.2, 0.25) is 15.9 Å². The molecule has 0 aromatic heterocycles. The number of ether oxygens (including phenoxy) is 1. The molecule has 1 heterocycles. The molecule has 8 nitrogen and oxygen atoms in total. The normalized spacial score (nSPS) is 20.6. The van der Waals surface area contributed by atoms with Crippen molar-refractivity contribution < 1.29 is 35.1 Å². The Morgan fingerprint density at radius 3 is 2.48 bits per heavy atom. The molecule has 1 fully saturated rings. The van der Waals surface area contributed by atoms with Crippen molar-refractivity contribution >= 4 is 37.4 Å². The highest BCUT2D eigenvalue weighted by molar-refractivity contribution is 7.92. The molecule has 2 atom stereocenters. The molecule has 1 aliphatic heterocycles. The number of halogens is 3.